The van der Waals surface area contributed by atoms with Gasteiger partial charge in [0.2, 0.25) is 11.8 Å². The molecule has 4 rings (SSSR count). The third kappa shape index (κ3) is 5.27. The molecular formula is C23H24F3N3O2S. The second-order valence-corrected chi connectivity index (χ2v) is 9.40. The van der Waals surface area contributed by atoms with Gasteiger partial charge < -0.3 is 10.2 Å². The molecule has 2 aliphatic heterocycles. The van der Waals surface area contributed by atoms with Crippen molar-refractivity contribution >= 4 is 29.3 Å². The lowest BCUT2D eigenvalue weighted by molar-refractivity contribution is -0.137. The van der Waals surface area contributed by atoms with Crippen LogP contribution in [0.2, 0.25) is 0 Å². The Labute approximate surface area is 189 Å². The molecule has 5 nitrogen and oxygen atoms in total. The zero-order chi connectivity index (χ0) is 22.9. The normalized spacial score (nSPS) is 19.4. The van der Waals surface area contributed by atoms with Crippen LogP contribution in [0, 0.1) is 6.92 Å². The maximum atomic E-state index is 12.9. The molecule has 1 N–H and O–H groups in total. The highest BCUT2D eigenvalue weighted by Gasteiger charge is 2.35. The molecule has 1 fully saturated rings. The van der Waals surface area contributed by atoms with Gasteiger partial charge in [0.15, 0.2) is 0 Å². The van der Waals surface area contributed by atoms with Gasteiger partial charge in [-0.1, -0.05) is 29.8 Å². The van der Waals surface area contributed by atoms with Gasteiger partial charge in [0.25, 0.3) is 0 Å². The minimum Gasteiger partial charge on any atom is -0.340 e. The number of hydrogen-bond donors (Lipinski definition) is 1. The van der Waals surface area contributed by atoms with E-state index < -0.39 is 22.9 Å². The lowest BCUT2D eigenvalue weighted by Gasteiger charge is -2.35. The number of alkyl halides is 3. The number of aryl methyl sites for hydroxylation is 1. The molecule has 0 aliphatic carbocycles. The summed E-state index contributed by atoms with van der Waals surface area (Å²) in [4.78, 5) is 29.8. The average molecular weight is 464 g/mol. The first-order valence-electron chi connectivity index (χ1n) is 10.4. The number of piperazine rings is 1. The van der Waals surface area contributed by atoms with Gasteiger partial charge in [0, 0.05) is 44.0 Å². The topological polar surface area (TPSA) is 52.6 Å². The molecule has 0 aromatic heterocycles. The Balaban J connectivity index is 1.31. The Morgan fingerprint density at radius 3 is 2.56 bits per heavy atom. The highest BCUT2D eigenvalue weighted by molar-refractivity contribution is 8.01. The van der Waals surface area contributed by atoms with E-state index in [1.807, 2.05) is 6.07 Å². The highest BCUT2D eigenvalue weighted by atomic mass is 32.2. The molecule has 1 atom stereocenters. The smallest absolute Gasteiger partial charge is 0.340 e. The van der Waals surface area contributed by atoms with Crippen molar-refractivity contribution in [3.8, 4) is 0 Å². The summed E-state index contributed by atoms with van der Waals surface area (Å²) in [5.41, 5.74) is 1.79. The van der Waals surface area contributed by atoms with Gasteiger partial charge in [-0.25, -0.2) is 0 Å². The van der Waals surface area contributed by atoms with Crippen molar-refractivity contribution < 1.29 is 22.8 Å². The third-order valence-corrected chi connectivity index (χ3v) is 6.98. The van der Waals surface area contributed by atoms with E-state index in [2.05, 4.69) is 35.3 Å². The molecular weight excluding hydrogens is 439 g/mol. The largest absolute Gasteiger partial charge is 0.416 e. The Morgan fingerprint density at radius 2 is 1.88 bits per heavy atom. The van der Waals surface area contributed by atoms with E-state index in [4.69, 9.17) is 0 Å². The van der Waals surface area contributed by atoms with Gasteiger partial charge >= 0.3 is 6.18 Å². The van der Waals surface area contributed by atoms with Crippen LogP contribution in [0.1, 0.15) is 23.1 Å². The van der Waals surface area contributed by atoms with E-state index in [0.29, 0.717) is 18.0 Å². The number of thioether (sulfide) groups is 1. The van der Waals surface area contributed by atoms with Crippen LogP contribution in [0.25, 0.3) is 0 Å². The molecule has 2 heterocycles. The second kappa shape index (κ2) is 9.15. The van der Waals surface area contributed by atoms with Crippen LogP contribution in [0.5, 0.6) is 0 Å². The predicted molar refractivity (Wildman–Crippen MR) is 117 cm³/mol. The van der Waals surface area contributed by atoms with Crippen LogP contribution >= 0.6 is 11.8 Å². The fourth-order valence-corrected chi connectivity index (χ4v) is 5.05. The van der Waals surface area contributed by atoms with E-state index in [1.165, 1.54) is 17.2 Å². The Morgan fingerprint density at radius 1 is 1.12 bits per heavy atom. The summed E-state index contributed by atoms with van der Waals surface area (Å²) in [7, 11) is 0. The van der Waals surface area contributed by atoms with Gasteiger partial charge in [0.1, 0.15) is 0 Å². The molecule has 0 radical (unpaired) electrons. The molecule has 1 unspecified atom stereocenters. The summed E-state index contributed by atoms with van der Waals surface area (Å²) in [6, 6.07) is 11.6. The average Bonchev–Trinajstić information content (AvgIpc) is 2.74. The quantitative estimate of drug-likeness (QED) is 0.740. The fraction of sp³-hybridized carbons (Fsp3) is 0.391. The van der Waals surface area contributed by atoms with Crippen molar-refractivity contribution in [2.45, 2.75) is 36.2 Å². The molecule has 2 amide bonds. The lowest BCUT2D eigenvalue weighted by atomic mass is 10.1. The van der Waals surface area contributed by atoms with Gasteiger partial charge in [-0.3, -0.25) is 14.5 Å². The van der Waals surface area contributed by atoms with E-state index in [9.17, 15) is 22.8 Å². The number of amides is 2. The van der Waals surface area contributed by atoms with Gasteiger partial charge in [-0.05, 0) is 30.7 Å². The van der Waals surface area contributed by atoms with Crippen LogP contribution in [0.15, 0.2) is 47.4 Å². The Bertz CT molecular complexity index is 1020. The van der Waals surface area contributed by atoms with E-state index >= 15 is 0 Å². The van der Waals surface area contributed by atoms with E-state index in [0.717, 1.165) is 43.5 Å². The van der Waals surface area contributed by atoms with Crippen LogP contribution in [-0.4, -0.2) is 53.0 Å². The predicted octanol–water partition coefficient (Wildman–Crippen LogP) is 4.16. The van der Waals surface area contributed by atoms with Crippen molar-refractivity contribution in [2.24, 2.45) is 0 Å². The first-order valence-corrected chi connectivity index (χ1v) is 11.3. The zero-order valence-corrected chi connectivity index (χ0v) is 18.4. The molecule has 0 bridgehead atoms. The Kier molecular flexibility index (Phi) is 6.48. The van der Waals surface area contributed by atoms with Crippen LogP contribution < -0.4 is 5.32 Å². The molecule has 2 aromatic carbocycles. The van der Waals surface area contributed by atoms with Crippen molar-refractivity contribution in [3.63, 3.8) is 0 Å². The number of rotatable bonds is 4. The minimum absolute atomic E-state index is 0.0227. The van der Waals surface area contributed by atoms with Crippen molar-refractivity contribution in [3.05, 3.63) is 59.2 Å². The first-order chi connectivity index (χ1) is 15.2. The number of hydrogen-bond acceptors (Lipinski definition) is 4. The number of anilines is 1. The summed E-state index contributed by atoms with van der Waals surface area (Å²) in [5.74, 6) is -0.545. The maximum Gasteiger partial charge on any atom is 0.416 e. The summed E-state index contributed by atoms with van der Waals surface area (Å²) in [6.45, 7) is 5.60. The lowest BCUT2D eigenvalue weighted by Crippen LogP contribution is -2.49. The summed E-state index contributed by atoms with van der Waals surface area (Å²) in [6.07, 6.45) is -4.45. The number of halogens is 3. The second-order valence-electron chi connectivity index (χ2n) is 8.15. The van der Waals surface area contributed by atoms with Crippen molar-refractivity contribution in [2.75, 3.05) is 31.5 Å². The molecule has 170 valence electrons. The van der Waals surface area contributed by atoms with Crippen molar-refractivity contribution in [1.82, 2.24) is 9.80 Å². The zero-order valence-electron chi connectivity index (χ0n) is 17.6. The molecule has 1 saturated heterocycles. The third-order valence-electron chi connectivity index (χ3n) is 5.70. The monoisotopic (exact) mass is 463 g/mol. The molecule has 2 aromatic rings. The summed E-state index contributed by atoms with van der Waals surface area (Å²) < 4.78 is 38.7. The van der Waals surface area contributed by atoms with Crippen LogP contribution in [0.4, 0.5) is 18.9 Å². The Hall–Kier alpha value is -2.52. The number of fused-ring (bicyclic) bond motifs is 1. The number of nitrogens with zero attached hydrogens (tertiary/aromatic N) is 2. The van der Waals surface area contributed by atoms with Gasteiger partial charge in [-0.2, -0.15) is 13.2 Å². The summed E-state index contributed by atoms with van der Waals surface area (Å²) >= 11 is 1.14. The SMILES string of the molecule is Cc1cccc(CN2CCN(C(=O)CC3Sc4ccc(C(F)(F)F)cc4NC3=O)CC2)c1. The first kappa shape index (κ1) is 22.7. The minimum atomic E-state index is -4.47. The number of carbonyl (C=O) groups excluding carboxylic acids is 2. The highest BCUT2D eigenvalue weighted by Crippen LogP contribution is 2.40. The molecule has 2 aliphatic rings. The van der Waals surface area contributed by atoms with Crippen LogP contribution in [0.3, 0.4) is 0 Å². The van der Waals surface area contributed by atoms with Gasteiger partial charge in [-0.15, -0.1) is 11.8 Å². The maximum absolute atomic E-state index is 12.9. The fourth-order valence-electron chi connectivity index (χ4n) is 3.97. The molecule has 0 spiro atoms. The number of benzene rings is 2. The number of carbonyl (C=O) groups is 2. The van der Waals surface area contributed by atoms with Crippen LogP contribution in [-0.2, 0) is 22.3 Å². The standard InChI is InChI=1S/C23H24F3N3O2S/c1-15-3-2-4-16(11-15)14-28-7-9-29(10-8-28)21(30)13-20-22(31)27-18-12-17(23(24,25)26)5-6-19(18)32-20/h2-6,11-12,20H,7-10,13-14H2,1H3,(H,27,31). The van der Waals surface area contributed by atoms with Gasteiger partial charge in [0.05, 0.1) is 16.5 Å². The van der Waals surface area contributed by atoms with E-state index in [-0.39, 0.29) is 18.0 Å². The molecule has 32 heavy (non-hydrogen) atoms. The molecule has 9 heteroatoms. The summed E-state index contributed by atoms with van der Waals surface area (Å²) in [5, 5.41) is 1.88. The molecule has 0 saturated carbocycles. The van der Waals surface area contributed by atoms with E-state index in [1.54, 1.807) is 4.90 Å². The number of nitrogens with one attached hydrogen (secondary N) is 1. The van der Waals surface area contributed by atoms with Crippen molar-refractivity contribution in [1.29, 1.82) is 0 Å².